The first-order valence-electron chi connectivity index (χ1n) is 4.42. The second-order valence-corrected chi connectivity index (χ2v) is 4.89. The highest BCUT2D eigenvalue weighted by Gasteiger charge is 2.08. The molecule has 0 N–H and O–H groups in total. The fourth-order valence-electron chi connectivity index (χ4n) is 1.16. The fourth-order valence-corrected chi connectivity index (χ4v) is 1.90. The van der Waals surface area contributed by atoms with Crippen molar-refractivity contribution < 1.29 is 13.5 Å². The summed E-state index contributed by atoms with van der Waals surface area (Å²) in [7, 11) is 0. The van der Waals surface area contributed by atoms with Crippen LogP contribution in [-0.2, 0) is 6.42 Å². The quantitative estimate of drug-likeness (QED) is 0.540. The Kier molecular flexibility index (Phi) is 5.81. The number of hydrogen-bond donors (Lipinski definition) is 0. The Morgan fingerprint density at radius 1 is 1.40 bits per heavy atom. The molecule has 0 aliphatic carbocycles. The Bertz CT molecular complexity index is 320. The number of ether oxygens (including phenoxy) is 1. The average molecular weight is 391 g/mol. The Labute approximate surface area is 109 Å². The number of alkyl halides is 3. The molecule has 1 aromatic rings. The van der Waals surface area contributed by atoms with Gasteiger partial charge in [-0.3, -0.25) is 0 Å². The van der Waals surface area contributed by atoms with Crippen molar-refractivity contribution in [1.29, 1.82) is 0 Å². The molecule has 5 heteroatoms. The molecule has 84 valence electrons. The lowest BCUT2D eigenvalue weighted by molar-refractivity contribution is -0.0504. The van der Waals surface area contributed by atoms with Crippen LogP contribution < -0.4 is 4.74 Å². The van der Waals surface area contributed by atoms with E-state index in [2.05, 4.69) is 20.7 Å². The highest BCUT2D eigenvalue weighted by Crippen LogP contribution is 2.24. The van der Waals surface area contributed by atoms with E-state index in [4.69, 9.17) is 0 Å². The second-order valence-electron chi connectivity index (χ2n) is 2.94. The van der Waals surface area contributed by atoms with Crippen LogP contribution in [0, 0.1) is 3.57 Å². The summed E-state index contributed by atoms with van der Waals surface area (Å²) < 4.78 is 29.2. The van der Waals surface area contributed by atoms with Gasteiger partial charge in [0.25, 0.3) is 0 Å². The fraction of sp³-hybridized carbons (Fsp3) is 0.400. The van der Waals surface area contributed by atoms with E-state index in [0.717, 1.165) is 23.7 Å². The Morgan fingerprint density at radius 3 is 2.73 bits per heavy atom. The number of rotatable bonds is 5. The summed E-state index contributed by atoms with van der Waals surface area (Å²) in [6.07, 6.45) is 1.84. The maximum atomic E-state index is 12.1. The summed E-state index contributed by atoms with van der Waals surface area (Å²) in [5.74, 6) is 0.262. The molecule has 1 nitrogen and oxygen atoms in total. The van der Waals surface area contributed by atoms with Gasteiger partial charge in [0, 0.05) is 5.33 Å². The molecular formula is C10H10BrF2IO. The molecule has 0 spiro atoms. The molecule has 0 aromatic heterocycles. The van der Waals surface area contributed by atoms with E-state index in [9.17, 15) is 8.78 Å². The minimum absolute atomic E-state index is 0.262. The van der Waals surface area contributed by atoms with Crippen LogP contribution in [0.5, 0.6) is 5.75 Å². The molecule has 0 bridgehead atoms. The average Bonchev–Trinajstić information content (AvgIpc) is 2.18. The predicted molar refractivity (Wildman–Crippen MR) is 67.9 cm³/mol. The van der Waals surface area contributed by atoms with Gasteiger partial charge in [0.15, 0.2) is 0 Å². The third-order valence-electron chi connectivity index (χ3n) is 1.81. The predicted octanol–water partition coefficient (Wildman–Crippen LogP) is 4.22. The number of hydrogen-bond acceptors (Lipinski definition) is 1. The molecule has 1 rings (SSSR count). The number of benzene rings is 1. The van der Waals surface area contributed by atoms with Crippen LogP contribution in [-0.4, -0.2) is 11.9 Å². The largest absolute Gasteiger partial charge is 0.434 e. The number of halogens is 4. The first-order valence-corrected chi connectivity index (χ1v) is 6.62. The zero-order chi connectivity index (χ0) is 11.3. The lowest BCUT2D eigenvalue weighted by Gasteiger charge is -2.08. The van der Waals surface area contributed by atoms with E-state index in [0.29, 0.717) is 3.57 Å². The maximum absolute atomic E-state index is 12.1. The normalized spacial score (nSPS) is 10.7. The smallest absolute Gasteiger partial charge is 0.387 e. The Morgan fingerprint density at radius 2 is 2.13 bits per heavy atom. The van der Waals surface area contributed by atoms with Crippen LogP contribution >= 0.6 is 38.5 Å². The van der Waals surface area contributed by atoms with Crippen molar-refractivity contribution in [1.82, 2.24) is 0 Å². The standard InChI is InChI=1S/C10H10BrF2IO/c11-5-1-2-7-3-4-8(14)9(6-7)15-10(12)13/h3-4,6,10H,1-2,5H2. The first kappa shape index (κ1) is 13.2. The van der Waals surface area contributed by atoms with Crippen molar-refractivity contribution >= 4 is 38.5 Å². The highest BCUT2D eigenvalue weighted by atomic mass is 127. The van der Waals surface area contributed by atoms with Crippen molar-refractivity contribution in [2.45, 2.75) is 19.5 Å². The van der Waals surface area contributed by atoms with E-state index < -0.39 is 6.61 Å². The van der Waals surface area contributed by atoms with Crippen molar-refractivity contribution in [3.63, 3.8) is 0 Å². The lowest BCUT2D eigenvalue weighted by Crippen LogP contribution is -2.03. The van der Waals surface area contributed by atoms with Gasteiger partial charge in [-0.25, -0.2) is 0 Å². The van der Waals surface area contributed by atoms with Gasteiger partial charge in [0.05, 0.1) is 3.57 Å². The molecule has 0 unspecified atom stereocenters. The molecule has 0 aliphatic heterocycles. The van der Waals surface area contributed by atoms with Gasteiger partial charge in [0.2, 0.25) is 0 Å². The third-order valence-corrected chi connectivity index (χ3v) is 3.26. The van der Waals surface area contributed by atoms with E-state index in [1.165, 1.54) is 0 Å². The molecule has 0 atom stereocenters. The van der Waals surface area contributed by atoms with Crippen molar-refractivity contribution in [3.05, 3.63) is 27.3 Å². The SMILES string of the molecule is FC(F)Oc1cc(CCCBr)ccc1I. The molecule has 0 heterocycles. The van der Waals surface area contributed by atoms with Gasteiger partial charge in [-0.2, -0.15) is 8.78 Å². The minimum atomic E-state index is -2.76. The van der Waals surface area contributed by atoms with E-state index >= 15 is 0 Å². The van der Waals surface area contributed by atoms with Crippen molar-refractivity contribution in [2.75, 3.05) is 5.33 Å². The van der Waals surface area contributed by atoms with Gasteiger partial charge in [-0.05, 0) is 53.1 Å². The van der Waals surface area contributed by atoms with Gasteiger partial charge in [-0.1, -0.05) is 22.0 Å². The van der Waals surface area contributed by atoms with Gasteiger partial charge < -0.3 is 4.74 Å². The molecular weight excluding hydrogens is 381 g/mol. The van der Waals surface area contributed by atoms with Gasteiger partial charge >= 0.3 is 6.61 Å². The van der Waals surface area contributed by atoms with Gasteiger partial charge in [-0.15, -0.1) is 0 Å². The van der Waals surface area contributed by atoms with Crippen LogP contribution in [0.4, 0.5) is 8.78 Å². The lowest BCUT2D eigenvalue weighted by atomic mass is 10.1. The molecule has 0 amide bonds. The molecule has 0 fully saturated rings. The van der Waals surface area contributed by atoms with E-state index in [1.807, 2.05) is 28.7 Å². The van der Waals surface area contributed by atoms with E-state index in [-0.39, 0.29) is 5.75 Å². The van der Waals surface area contributed by atoms with Crippen LogP contribution in [0.2, 0.25) is 0 Å². The zero-order valence-corrected chi connectivity index (χ0v) is 11.6. The molecule has 0 radical (unpaired) electrons. The topological polar surface area (TPSA) is 9.23 Å². The van der Waals surface area contributed by atoms with Crippen molar-refractivity contribution in [2.24, 2.45) is 0 Å². The zero-order valence-electron chi connectivity index (χ0n) is 7.85. The summed E-state index contributed by atoms with van der Waals surface area (Å²) in [6.45, 7) is -2.76. The van der Waals surface area contributed by atoms with Gasteiger partial charge in [0.1, 0.15) is 5.75 Å². The summed E-state index contributed by atoms with van der Waals surface area (Å²) in [5, 5.41) is 0.907. The van der Waals surface area contributed by atoms with Crippen LogP contribution in [0.15, 0.2) is 18.2 Å². The summed E-state index contributed by atoms with van der Waals surface area (Å²) in [4.78, 5) is 0. The number of aryl methyl sites for hydroxylation is 1. The second kappa shape index (κ2) is 6.62. The Balaban J connectivity index is 2.75. The molecule has 0 saturated heterocycles. The van der Waals surface area contributed by atoms with Crippen LogP contribution in [0.1, 0.15) is 12.0 Å². The Hall–Kier alpha value is 0.0900. The monoisotopic (exact) mass is 390 g/mol. The molecule has 1 aromatic carbocycles. The minimum Gasteiger partial charge on any atom is -0.434 e. The van der Waals surface area contributed by atoms with Crippen LogP contribution in [0.3, 0.4) is 0 Å². The summed E-state index contributed by atoms with van der Waals surface area (Å²) in [6, 6.07) is 5.40. The van der Waals surface area contributed by atoms with Crippen LogP contribution in [0.25, 0.3) is 0 Å². The maximum Gasteiger partial charge on any atom is 0.387 e. The molecule has 15 heavy (non-hydrogen) atoms. The van der Waals surface area contributed by atoms with Crippen molar-refractivity contribution in [3.8, 4) is 5.75 Å². The molecule has 0 saturated carbocycles. The summed E-state index contributed by atoms with van der Waals surface area (Å²) >= 11 is 5.31. The highest BCUT2D eigenvalue weighted by molar-refractivity contribution is 14.1. The summed E-state index contributed by atoms with van der Waals surface area (Å²) in [5.41, 5.74) is 1.02. The van der Waals surface area contributed by atoms with E-state index in [1.54, 1.807) is 12.1 Å². The molecule has 0 aliphatic rings. The third kappa shape index (κ3) is 4.63. The first-order chi connectivity index (χ1) is 7.13.